The molecule has 0 saturated carbocycles. The van der Waals surface area contributed by atoms with Crippen molar-refractivity contribution >= 4 is 34.0 Å². The van der Waals surface area contributed by atoms with E-state index in [1.807, 2.05) is 18.4 Å². The molecule has 1 atom stereocenters. The molecule has 0 spiro atoms. The summed E-state index contributed by atoms with van der Waals surface area (Å²) in [7, 11) is -3.16. The topological polar surface area (TPSA) is 46.2 Å². The summed E-state index contributed by atoms with van der Waals surface area (Å²) in [6.45, 7) is 1.50. The molecule has 0 radical (unpaired) electrons. The lowest BCUT2D eigenvalue weighted by Crippen LogP contribution is -2.38. The molecule has 1 aromatic rings. The zero-order valence-corrected chi connectivity index (χ0v) is 12.7. The van der Waals surface area contributed by atoms with Gasteiger partial charge in [-0.1, -0.05) is 0 Å². The van der Waals surface area contributed by atoms with Crippen molar-refractivity contribution in [2.24, 2.45) is 0 Å². The van der Waals surface area contributed by atoms with Crippen molar-refractivity contribution in [2.75, 3.05) is 19.3 Å². The van der Waals surface area contributed by atoms with Crippen LogP contribution in [0.3, 0.4) is 0 Å². The molecule has 1 fully saturated rings. The summed E-state index contributed by atoms with van der Waals surface area (Å²) in [5, 5.41) is 2.88. The highest BCUT2D eigenvalue weighted by Gasteiger charge is 2.28. The lowest BCUT2D eigenvalue weighted by molar-refractivity contribution is 0.497. The van der Waals surface area contributed by atoms with Gasteiger partial charge in [-0.2, -0.15) is 0 Å². The Labute approximate surface area is 119 Å². The van der Waals surface area contributed by atoms with Crippen LogP contribution in [0, 0.1) is 0 Å². The predicted octanol–water partition coefficient (Wildman–Crippen LogP) is 2.36. The van der Waals surface area contributed by atoms with Crippen LogP contribution in [0.4, 0.5) is 0 Å². The number of hydrogen-bond acceptors (Lipinski definition) is 4. The fraction of sp³-hybridized carbons (Fsp3) is 0.500. The van der Waals surface area contributed by atoms with E-state index in [4.69, 9.17) is 0 Å². The molecule has 0 bridgehead atoms. The van der Waals surface area contributed by atoms with Crippen molar-refractivity contribution in [3.8, 4) is 0 Å². The van der Waals surface area contributed by atoms with Crippen LogP contribution in [0.15, 0.2) is 34.1 Å². The van der Waals surface area contributed by atoms with Gasteiger partial charge in [-0.05, 0) is 49.9 Å². The molecule has 1 unspecified atom stereocenters. The maximum absolute atomic E-state index is 12.3. The highest BCUT2D eigenvalue weighted by atomic mass is 35.5. The van der Waals surface area contributed by atoms with Gasteiger partial charge >= 0.3 is 0 Å². The summed E-state index contributed by atoms with van der Waals surface area (Å²) in [5.41, 5.74) is 0. The molecular formula is C12H18ClNO2S2. The Kier molecular flexibility index (Phi) is 5.98. The number of halogens is 1. The minimum Gasteiger partial charge on any atom is -0.315 e. The van der Waals surface area contributed by atoms with Crippen molar-refractivity contribution in [1.82, 2.24) is 5.32 Å². The van der Waals surface area contributed by atoms with E-state index in [2.05, 4.69) is 5.32 Å². The van der Waals surface area contributed by atoms with Gasteiger partial charge < -0.3 is 5.32 Å². The van der Waals surface area contributed by atoms with Crippen molar-refractivity contribution < 1.29 is 8.42 Å². The van der Waals surface area contributed by atoms with E-state index in [1.54, 1.807) is 23.9 Å². The minimum atomic E-state index is -3.16. The first-order valence-electron chi connectivity index (χ1n) is 5.73. The van der Waals surface area contributed by atoms with Crippen LogP contribution >= 0.6 is 24.2 Å². The van der Waals surface area contributed by atoms with Crippen LogP contribution in [-0.2, 0) is 9.84 Å². The molecule has 1 heterocycles. The van der Waals surface area contributed by atoms with Crippen LogP contribution in [0.1, 0.15) is 12.8 Å². The summed E-state index contributed by atoms with van der Waals surface area (Å²) in [6.07, 6.45) is 3.68. The van der Waals surface area contributed by atoms with Gasteiger partial charge in [0.25, 0.3) is 0 Å². The second-order valence-corrected chi connectivity index (χ2v) is 7.30. The summed E-state index contributed by atoms with van der Waals surface area (Å²) in [6, 6.07) is 7.17. The van der Waals surface area contributed by atoms with Crippen molar-refractivity contribution in [1.29, 1.82) is 0 Å². The van der Waals surface area contributed by atoms with Gasteiger partial charge in [0.2, 0.25) is 0 Å². The number of piperidine rings is 1. The van der Waals surface area contributed by atoms with E-state index >= 15 is 0 Å². The number of sulfone groups is 1. The molecule has 1 aliphatic heterocycles. The SMILES string of the molecule is CSc1ccc(S(=O)(=O)C2CCCNC2)cc1.Cl. The fourth-order valence-electron chi connectivity index (χ4n) is 2.04. The molecule has 6 heteroatoms. The van der Waals surface area contributed by atoms with E-state index in [0.717, 1.165) is 24.3 Å². The smallest absolute Gasteiger partial charge is 0.182 e. The molecule has 1 aromatic carbocycles. The Balaban J connectivity index is 0.00000162. The van der Waals surface area contributed by atoms with Crippen molar-refractivity contribution in [3.63, 3.8) is 0 Å². The molecule has 1 saturated heterocycles. The van der Waals surface area contributed by atoms with Gasteiger partial charge in [0, 0.05) is 11.4 Å². The summed E-state index contributed by atoms with van der Waals surface area (Å²) >= 11 is 1.62. The number of rotatable bonds is 3. The van der Waals surface area contributed by atoms with Crippen molar-refractivity contribution in [2.45, 2.75) is 27.9 Å². The molecule has 2 rings (SSSR count). The molecule has 0 aliphatic carbocycles. The maximum atomic E-state index is 12.3. The average molecular weight is 308 g/mol. The summed E-state index contributed by atoms with van der Waals surface area (Å²) < 4.78 is 24.7. The molecule has 102 valence electrons. The Morgan fingerprint density at radius 2 is 1.94 bits per heavy atom. The Hall–Kier alpha value is -0.230. The Morgan fingerprint density at radius 1 is 1.28 bits per heavy atom. The second kappa shape index (κ2) is 6.80. The Morgan fingerprint density at radius 3 is 2.44 bits per heavy atom. The minimum absolute atomic E-state index is 0. The number of hydrogen-bond donors (Lipinski definition) is 1. The average Bonchev–Trinajstić information content (AvgIpc) is 2.40. The lowest BCUT2D eigenvalue weighted by atomic mass is 10.2. The van der Waals surface area contributed by atoms with Gasteiger partial charge in [0.15, 0.2) is 9.84 Å². The third-order valence-electron chi connectivity index (χ3n) is 3.08. The van der Waals surface area contributed by atoms with Gasteiger partial charge in [-0.25, -0.2) is 8.42 Å². The van der Waals surface area contributed by atoms with Crippen LogP contribution in [0.5, 0.6) is 0 Å². The standard InChI is InChI=1S/C12H17NO2S2.ClH/c1-16-10-4-6-11(7-5-10)17(14,15)12-3-2-8-13-9-12;/h4-7,12-13H,2-3,8-9H2,1H3;1H. The molecule has 0 aromatic heterocycles. The first kappa shape index (κ1) is 15.8. The number of benzene rings is 1. The largest absolute Gasteiger partial charge is 0.315 e. The Bertz CT molecular complexity index is 467. The lowest BCUT2D eigenvalue weighted by Gasteiger charge is -2.22. The van der Waals surface area contributed by atoms with E-state index < -0.39 is 9.84 Å². The molecular weight excluding hydrogens is 290 g/mol. The van der Waals surface area contributed by atoms with Gasteiger partial charge in [0.1, 0.15) is 0 Å². The van der Waals surface area contributed by atoms with E-state index in [-0.39, 0.29) is 17.7 Å². The van der Waals surface area contributed by atoms with Crippen LogP contribution in [0.2, 0.25) is 0 Å². The van der Waals surface area contributed by atoms with Gasteiger partial charge in [0.05, 0.1) is 10.1 Å². The normalized spacial score (nSPS) is 20.2. The summed E-state index contributed by atoms with van der Waals surface area (Å²) in [5.74, 6) is 0. The first-order chi connectivity index (χ1) is 8.14. The van der Waals surface area contributed by atoms with Gasteiger partial charge in [-0.3, -0.25) is 0 Å². The maximum Gasteiger partial charge on any atom is 0.182 e. The zero-order chi connectivity index (χ0) is 12.3. The predicted molar refractivity (Wildman–Crippen MR) is 78.5 cm³/mol. The summed E-state index contributed by atoms with van der Waals surface area (Å²) in [4.78, 5) is 1.54. The number of nitrogens with one attached hydrogen (secondary N) is 1. The molecule has 18 heavy (non-hydrogen) atoms. The molecule has 1 aliphatic rings. The zero-order valence-electron chi connectivity index (χ0n) is 10.3. The van der Waals surface area contributed by atoms with Crippen LogP contribution < -0.4 is 5.32 Å². The fourth-order valence-corrected chi connectivity index (χ4v) is 4.17. The van der Waals surface area contributed by atoms with Gasteiger partial charge in [-0.15, -0.1) is 24.2 Å². The van der Waals surface area contributed by atoms with Crippen LogP contribution in [0.25, 0.3) is 0 Å². The molecule has 3 nitrogen and oxygen atoms in total. The first-order valence-corrected chi connectivity index (χ1v) is 8.50. The third kappa shape index (κ3) is 3.41. The number of thioether (sulfide) groups is 1. The van der Waals surface area contributed by atoms with E-state index in [9.17, 15) is 8.42 Å². The van der Waals surface area contributed by atoms with Crippen molar-refractivity contribution in [3.05, 3.63) is 24.3 Å². The van der Waals surface area contributed by atoms with E-state index in [1.165, 1.54) is 0 Å². The quantitative estimate of drug-likeness (QED) is 0.871. The highest BCUT2D eigenvalue weighted by Crippen LogP contribution is 2.23. The highest BCUT2D eigenvalue weighted by molar-refractivity contribution is 7.98. The second-order valence-electron chi connectivity index (χ2n) is 4.19. The van der Waals surface area contributed by atoms with E-state index in [0.29, 0.717) is 11.4 Å². The van der Waals surface area contributed by atoms with Crippen LogP contribution in [-0.4, -0.2) is 33.0 Å². The molecule has 0 amide bonds. The third-order valence-corrected chi connectivity index (χ3v) is 6.03. The molecule has 1 N–H and O–H groups in total. The monoisotopic (exact) mass is 307 g/mol.